The molecule has 0 unspecified atom stereocenters. The fourth-order valence-corrected chi connectivity index (χ4v) is 1.42. The number of hydrogen-bond donors (Lipinski definition) is 2. The average Bonchev–Trinajstić information content (AvgIpc) is 2.83. The molecule has 0 amide bonds. The molecule has 0 fully saturated rings. The molecule has 16 heavy (non-hydrogen) atoms. The van der Waals surface area contributed by atoms with E-state index in [-0.39, 0.29) is 0 Å². The Labute approximate surface area is 94.5 Å². The Morgan fingerprint density at radius 3 is 2.69 bits per heavy atom. The summed E-state index contributed by atoms with van der Waals surface area (Å²) in [5.41, 5.74) is 6.62. The summed E-state index contributed by atoms with van der Waals surface area (Å²) in [5.74, 6) is 1.81. The van der Waals surface area contributed by atoms with Gasteiger partial charge in [-0.05, 0) is 17.7 Å². The van der Waals surface area contributed by atoms with Crippen LogP contribution in [0.25, 0.3) is 0 Å². The molecule has 0 atom stereocenters. The molecule has 0 aliphatic carbocycles. The van der Waals surface area contributed by atoms with Crippen LogP contribution in [0.2, 0.25) is 0 Å². The van der Waals surface area contributed by atoms with E-state index in [2.05, 4.69) is 9.97 Å². The SMILES string of the molecule is NCc1ccc(OCCc2ncc[nH]2)cc1. The van der Waals surface area contributed by atoms with Gasteiger partial charge in [-0.1, -0.05) is 12.1 Å². The Morgan fingerprint density at radius 2 is 2.06 bits per heavy atom. The fraction of sp³-hybridized carbons (Fsp3) is 0.250. The molecule has 4 heteroatoms. The first kappa shape index (κ1) is 10.7. The molecular weight excluding hydrogens is 202 g/mol. The van der Waals surface area contributed by atoms with Crippen LogP contribution < -0.4 is 10.5 Å². The van der Waals surface area contributed by atoms with Gasteiger partial charge in [0.2, 0.25) is 0 Å². The van der Waals surface area contributed by atoms with Crippen LogP contribution in [0.4, 0.5) is 0 Å². The van der Waals surface area contributed by atoms with Crippen molar-refractivity contribution >= 4 is 0 Å². The number of nitrogens with two attached hydrogens (primary N) is 1. The number of imidazole rings is 1. The van der Waals surface area contributed by atoms with Crippen molar-refractivity contribution in [2.75, 3.05) is 6.61 Å². The van der Waals surface area contributed by atoms with Crippen molar-refractivity contribution in [3.63, 3.8) is 0 Å². The summed E-state index contributed by atoms with van der Waals surface area (Å²) in [7, 11) is 0. The molecule has 0 bridgehead atoms. The Kier molecular flexibility index (Phi) is 3.56. The first-order valence-electron chi connectivity index (χ1n) is 5.28. The Morgan fingerprint density at radius 1 is 1.25 bits per heavy atom. The molecule has 0 aliphatic heterocycles. The molecule has 0 radical (unpaired) electrons. The maximum Gasteiger partial charge on any atom is 0.119 e. The van der Waals surface area contributed by atoms with Crippen molar-refractivity contribution in [2.45, 2.75) is 13.0 Å². The average molecular weight is 217 g/mol. The number of aromatic nitrogens is 2. The number of benzene rings is 1. The minimum Gasteiger partial charge on any atom is -0.493 e. The fourth-order valence-electron chi connectivity index (χ4n) is 1.42. The molecule has 0 saturated heterocycles. The van der Waals surface area contributed by atoms with Gasteiger partial charge in [-0.15, -0.1) is 0 Å². The second kappa shape index (κ2) is 5.32. The van der Waals surface area contributed by atoms with Crippen molar-refractivity contribution in [3.8, 4) is 5.75 Å². The van der Waals surface area contributed by atoms with Crippen LogP contribution in [-0.2, 0) is 13.0 Å². The highest BCUT2D eigenvalue weighted by molar-refractivity contribution is 5.27. The van der Waals surface area contributed by atoms with Crippen molar-refractivity contribution in [2.24, 2.45) is 5.73 Å². The van der Waals surface area contributed by atoms with Crippen LogP contribution in [0.1, 0.15) is 11.4 Å². The zero-order valence-electron chi connectivity index (χ0n) is 9.02. The van der Waals surface area contributed by atoms with Crippen molar-refractivity contribution in [1.82, 2.24) is 9.97 Å². The smallest absolute Gasteiger partial charge is 0.119 e. The third-order valence-corrected chi connectivity index (χ3v) is 2.32. The summed E-state index contributed by atoms with van der Waals surface area (Å²) >= 11 is 0. The van der Waals surface area contributed by atoms with Gasteiger partial charge in [-0.25, -0.2) is 4.98 Å². The first-order valence-corrected chi connectivity index (χ1v) is 5.28. The van der Waals surface area contributed by atoms with Gasteiger partial charge in [0, 0.05) is 25.4 Å². The van der Waals surface area contributed by atoms with Crippen LogP contribution in [-0.4, -0.2) is 16.6 Å². The maximum atomic E-state index is 5.58. The van der Waals surface area contributed by atoms with Gasteiger partial charge in [0.05, 0.1) is 6.61 Å². The third kappa shape index (κ3) is 2.84. The molecule has 1 aromatic heterocycles. The summed E-state index contributed by atoms with van der Waals surface area (Å²) < 4.78 is 5.58. The van der Waals surface area contributed by atoms with Crippen LogP contribution in [0.5, 0.6) is 5.75 Å². The van der Waals surface area contributed by atoms with E-state index in [1.165, 1.54) is 0 Å². The van der Waals surface area contributed by atoms with Crippen LogP contribution in [0.3, 0.4) is 0 Å². The topological polar surface area (TPSA) is 63.9 Å². The Bertz CT molecular complexity index is 408. The van der Waals surface area contributed by atoms with Gasteiger partial charge in [0.1, 0.15) is 11.6 Å². The standard InChI is InChI=1S/C12H15N3O/c13-9-10-1-3-11(4-2-10)16-8-5-12-14-6-7-15-12/h1-4,6-7H,5,8-9,13H2,(H,14,15). The van der Waals surface area contributed by atoms with Crippen LogP contribution in [0.15, 0.2) is 36.7 Å². The molecular formula is C12H15N3O. The number of nitrogens with one attached hydrogen (secondary N) is 1. The molecule has 4 nitrogen and oxygen atoms in total. The summed E-state index contributed by atoms with van der Waals surface area (Å²) in [6.07, 6.45) is 4.34. The molecule has 1 aromatic carbocycles. The molecule has 2 aromatic rings. The van der Waals surface area contributed by atoms with E-state index in [9.17, 15) is 0 Å². The molecule has 0 spiro atoms. The van der Waals surface area contributed by atoms with E-state index >= 15 is 0 Å². The lowest BCUT2D eigenvalue weighted by Gasteiger charge is -2.05. The summed E-state index contributed by atoms with van der Waals surface area (Å²) in [4.78, 5) is 7.16. The van der Waals surface area contributed by atoms with Gasteiger partial charge in [0.25, 0.3) is 0 Å². The quantitative estimate of drug-likeness (QED) is 0.797. The minimum absolute atomic E-state index is 0.562. The van der Waals surface area contributed by atoms with E-state index in [0.29, 0.717) is 13.2 Å². The van der Waals surface area contributed by atoms with E-state index < -0.39 is 0 Å². The number of aromatic amines is 1. The van der Waals surface area contributed by atoms with E-state index in [1.807, 2.05) is 30.5 Å². The summed E-state index contributed by atoms with van der Waals surface area (Å²) in [5, 5.41) is 0. The maximum absolute atomic E-state index is 5.58. The Hall–Kier alpha value is -1.81. The minimum atomic E-state index is 0.562. The predicted molar refractivity (Wildman–Crippen MR) is 62.1 cm³/mol. The number of ether oxygens (including phenoxy) is 1. The largest absolute Gasteiger partial charge is 0.493 e. The van der Waals surface area contributed by atoms with Gasteiger partial charge in [-0.2, -0.15) is 0 Å². The summed E-state index contributed by atoms with van der Waals surface area (Å²) in [6, 6.07) is 7.82. The lowest BCUT2D eigenvalue weighted by Crippen LogP contribution is -2.03. The normalized spacial score (nSPS) is 10.3. The van der Waals surface area contributed by atoms with Gasteiger partial charge >= 0.3 is 0 Å². The lowest BCUT2D eigenvalue weighted by atomic mass is 10.2. The van der Waals surface area contributed by atoms with Crippen molar-refractivity contribution in [3.05, 3.63) is 48.0 Å². The summed E-state index contributed by atoms with van der Waals surface area (Å²) in [6.45, 7) is 1.18. The van der Waals surface area contributed by atoms with E-state index in [1.54, 1.807) is 6.20 Å². The second-order valence-corrected chi connectivity index (χ2v) is 3.48. The second-order valence-electron chi connectivity index (χ2n) is 3.48. The molecule has 1 heterocycles. The lowest BCUT2D eigenvalue weighted by molar-refractivity contribution is 0.319. The molecule has 3 N–H and O–H groups in total. The number of rotatable bonds is 5. The molecule has 0 aliphatic rings. The van der Waals surface area contributed by atoms with E-state index in [4.69, 9.17) is 10.5 Å². The van der Waals surface area contributed by atoms with Crippen molar-refractivity contribution in [1.29, 1.82) is 0 Å². The Balaban J connectivity index is 1.81. The molecule has 84 valence electrons. The molecule has 0 saturated carbocycles. The first-order chi connectivity index (χ1) is 7.88. The highest BCUT2D eigenvalue weighted by atomic mass is 16.5. The third-order valence-electron chi connectivity index (χ3n) is 2.32. The van der Waals surface area contributed by atoms with Crippen LogP contribution in [0, 0.1) is 0 Å². The highest BCUT2D eigenvalue weighted by Crippen LogP contribution is 2.11. The number of hydrogen-bond acceptors (Lipinski definition) is 3. The van der Waals surface area contributed by atoms with Crippen molar-refractivity contribution < 1.29 is 4.74 Å². The zero-order valence-corrected chi connectivity index (χ0v) is 9.02. The predicted octanol–water partition coefficient (Wildman–Crippen LogP) is 1.49. The number of H-pyrrole nitrogens is 1. The number of nitrogens with zero attached hydrogens (tertiary/aromatic N) is 1. The molecule has 2 rings (SSSR count). The van der Waals surface area contributed by atoms with Crippen LogP contribution >= 0.6 is 0 Å². The zero-order chi connectivity index (χ0) is 11.2. The van der Waals surface area contributed by atoms with Gasteiger partial charge < -0.3 is 15.5 Å². The van der Waals surface area contributed by atoms with Gasteiger partial charge in [-0.3, -0.25) is 0 Å². The highest BCUT2D eigenvalue weighted by Gasteiger charge is 1.97. The monoisotopic (exact) mass is 217 g/mol. The van der Waals surface area contributed by atoms with Gasteiger partial charge in [0.15, 0.2) is 0 Å². The van der Waals surface area contributed by atoms with E-state index in [0.717, 1.165) is 23.6 Å².